The molecule has 0 bridgehead atoms. The molecule has 0 radical (unpaired) electrons. The molecular weight excluding hydrogens is 292 g/mol. The molecule has 0 aliphatic heterocycles. The van der Waals surface area contributed by atoms with Gasteiger partial charge in [-0.05, 0) is 18.2 Å². The highest BCUT2D eigenvalue weighted by Gasteiger charge is 2.19. The second kappa shape index (κ2) is 5.74. The Hall–Kier alpha value is -2.06. The van der Waals surface area contributed by atoms with E-state index in [2.05, 4.69) is 9.71 Å². The molecule has 0 aliphatic carbocycles. The highest BCUT2D eigenvalue weighted by atomic mass is 32.2. The number of fused-ring (bicyclic) bond motifs is 1. The number of H-pyrrole nitrogens is 1. The molecule has 0 saturated carbocycles. The van der Waals surface area contributed by atoms with Crippen molar-refractivity contribution in [1.29, 1.82) is 0 Å². The topological polar surface area (TPSA) is 108 Å². The summed E-state index contributed by atoms with van der Waals surface area (Å²) in [6, 6.07) is 4.97. The minimum absolute atomic E-state index is 0.0565. The fourth-order valence-electron chi connectivity index (χ4n) is 1.93. The molecule has 2 rings (SSSR count). The average Bonchev–Trinajstić information content (AvgIpc) is 2.81. The lowest BCUT2D eigenvalue weighted by atomic mass is 10.2. The number of aromatic nitrogens is 1. The number of hydrogen-bond donors (Lipinski definition) is 3. The van der Waals surface area contributed by atoms with Gasteiger partial charge in [0.25, 0.3) is 0 Å². The first kappa shape index (κ1) is 15.3. The molecule has 21 heavy (non-hydrogen) atoms. The molecule has 0 unspecified atom stereocenters. The van der Waals surface area contributed by atoms with Crippen LogP contribution in [0.15, 0.2) is 29.3 Å². The highest BCUT2D eigenvalue weighted by Crippen LogP contribution is 2.24. The van der Waals surface area contributed by atoms with Crippen LogP contribution in [0, 0.1) is 0 Å². The first-order chi connectivity index (χ1) is 9.81. The van der Waals surface area contributed by atoms with Gasteiger partial charge in [-0.25, -0.2) is 13.1 Å². The van der Waals surface area contributed by atoms with E-state index >= 15 is 0 Å². The van der Waals surface area contributed by atoms with Crippen molar-refractivity contribution in [2.24, 2.45) is 0 Å². The van der Waals surface area contributed by atoms with Crippen molar-refractivity contribution in [2.75, 3.05) is 26.4 Å². The lowest BCUT2D eigenvalue weighted by molar-refractivity contribution is -0.128. The van der Waals surface area contributed by atoms with E-state index in [9.17, 15) is 13.2 Å². The van der Waals surface area contributed by atoms with Gasteiger partial charge in [0.05, 0.1) is 0 Å². The SMILES string of the molecule is CN(C)C(=O)CCNS(=O)(=O)c1c[nH]c2cc(N)ccc12. The zero-order valence-corrected chi connectivity index (χ0v) is 12.7. The van der Waals surface area contributed by atoms with E-state index in [1.807, 2.05) is 0 Å². The summed E-state index contributed by atoms with van der Waals surface area (Å²) < 4.78 is 26.9. The minimum atomic E-state index is -3.67. The second-order valence-electron chi connectivity index (χ2n) is 4.89. The molecule has 0 spiro atoms. The lowest BCUT2D eigenvalue weighted by Crippen LogP contribution is -2.30. The summed E-state index contributed by atoms with van der Waals surface area (Å²) in [4.78, 5) is 15.9. The Morgan fingerprint density at radius 2 is 2.10 bits per heavy atom. The van der Waals surface area contributed by atoms with Gasteiger partial charge in [0.15, 0.2) is 0 Å². The van der Waals surface area contributed by atoms with Crippen LogP contribution in [-0.2, 0) is 14.8 Å². The summed E-state index contributed by atoms with van der Waals surface area (Å²) in [5, 5.41) is 0.565. The van der Waals surface area contributed by atoms with Crippen molar-refractivity contribution < 1.29 is 13.2 Å². The normalized spacial score (nSPS) is 11.7. The van der Waals surface area contributed by atoms with Crippen molar-refractivity contribution in [3.8, 4) is 0 Å². The number of nitrogens with zero attached hydrogens (tertiary/aromatic N) is 1. The molecule has 7 nitrogen and oxygen atoms in total. The smallest absolute Gasteiger partial charge is 0.242 e. The number of amides is 1. The van der Waals surface area contributed by atoms with E-state index in [0.29, 0.717) is 16.6 Å². The quantitative estimate of drug-likeness (QED) is 0.699. The molecule has 1 aromatic heterocycles. The first-order valence-electron chi connectivity index (χ1n) is 6.37. The molecule has 1 amide bonds. The van der Waals surface area contributed by atoms with Gasteiger partial charge in [-0.15, -0.1) is 0 Å². The molecule has 1 aromatic carbocycles. The largest absolute Gasteiger partial charge is 0.399 e. The molecule has 2 aromatic rings. The Balaban J connectivity index is 2.17. The predicted molar refractivity (Wildman–Crippen MR) is 81.2 cm³/mol. The van der Waals surface area contributed by atoms with Crippen molar-refractivity contribution in [1.82, 2.24) is 14.6 Å². The molecule has 8 heteroatoms. The van der Waals surface area contributed by atoms with Crippen molar-refractivity contribution in [3.05, 3.63) is 24.4 Å². The third kappa shape index (κ3) is 3.34. The van der Waals surface area contributed by atoms with E-state index in [-0.39, 0.29) is 23.8 Å². The van der Waals surface area contributed by atoms with Crippen molar-refractivity contribution in [3.63, 3.8) is 0 Å². The van der Waals surface area contributed by atoms with E-state index in [4.69, 9.17) is 5.73 Å². The number of benzene rings is 1. The number of aromatic amines is 1. The van der Waals surface area contributed by atoms with Crippen LogP contribution in [0.5, 0.6) is 0 Å². The van der Waals surface area contributed by atoms with Gasteiger partial charge in [0.2, 0.25) is 15.9 Å². The van der Waals surface area contributed by atoms with Crippen LogP contribution in [-0.4, -0.2) is 44.8 Å². The molecule has 0 fully saturated rings. The average molecular weight is 310 g/mol. The molecule has 4 N–H and O–H groups in total. The number of nitrogen functional groups attached to an aromatic ring is 1. The van der Waals surface area contributed by atoms with Gasteiger partial charge in [0, 0.05) is 49.8 Å². The summed E-state index contributed by atoms with van der Waals surface area (Å²) in [6.45, 7) is 0.0565. The molecule has 0 atom stereocenters. The van der Waals surface area contributed by atoms with Crippen LogP contribution in [0.4, 0.5) is 5.69 Å². The van der Waals surface area contributed by atoms with Crippen LogP contribution < -0.4 is 10.5 Å². The van der Waals surface area contributed by atoms with Gasteiger partial charge < -0.3 is 15.6 Å². The Labute approximate surface area is 123 Å². The van der Waals surface area contributed by atoms with Gasteiger partial charge in [-0.3, -0.25) is 4.79 Å². The van der Waals surface area contributed by atoms with Gasteiger partial charge in [-0.2, -0.15) is 0 Å². The molecular formula is C13H18N4O3S. The monoisotopic (exact) mass is 310 g/mol. The summed E-state index contributed by atoms with van der Waals surface area (Å²) in [7, 11) is -0.419. The number of carbonyl (C=O) groups excluding carboxylic acids is 1. The number of carbonyl (C=O) groups is 1. The molecule has 114 valence electrons. The number of rotatable bonds is 5. The summed E-state index contributed by atoms with van der Waals surface area (Å²) >= 11 is 0. The van der Waals surface area contributed by atoms with Crippen LogP contribution in [0.1, 0.15) is 6.42 Å². The van der Waals surface area contributed by atoms with Crippen LogP contribution in [0.3, 0.4) is 0 Å². The zero-order valence-electron chi connectivity index (χ0n) is 11.9. The number of hydrogen-bond acceptors (Lipinski definition) is 4. The molecule has 0 aliphatic rings. The standard InChI is InChI=1S/C13H18N4O3S/c1-17(2)13(18)5-6-16-21(19,20)12-8-15-11-7-9(14)3-4-10(11)12/h3-4,7-8,15-16H,5-6,14H2,1-2H3. The third-order valence-electron chi connectivity index (χ3n) is 3.09. The maximum absolute atomic E-state index is 12.3. The Bertz CT molecular complexity index is 765. The van der Waals surface area contributed by atoms with Crippen LogP contribution >= 0.6 is 0 Å². The summed E-state index contributed by atoms with van der Waals surface area (Å²) in [6.07, 6.45) is 1.53. The lowest BCUT2D eigenvalue weighted by Gasteiger charge is -2.10. The minimum Gasteiger partial charge on any atom is -0.399 e. The molecule has 1 heterocycles. The fourth-order valence-corrected chi connectivity index (χ4v) is 3.14. The van der Waals surface area contributed by atoms with Gasteiger partial charge >= 0.3 is 0 Å². The number of anilines is 1. The van der Waals surface area contributed by atoms with E-state index < -0.39 is 10.0 Å². The van der Waals surface area contributed by atoms with Crippen molar-refractivity contribution in [2.45, 2.75) is 11.3 Å². The fraction of sp³-hybridized carbons (Fsp3) is 0.308. The maximum atomic E-state index is 12.3. The highest BCUT2D eigenvalue weighted by molar-refractivity contribution is 7.89. The second-order valence-corrected chi connectivity index (χ2v) is 6.63. The maximum Gasteiger partial charge on any atom is 0.242 e. The van der Waals surface area contributed by atoms with Crippen LogP contribution in [0.2, 0.25) is 0 Å². The predicted octanol–water partition coefficient (Wildman–Crippen LogP) is 0.507. The van der Waals surface area contributed by atoms with Gasteiger partial charge in [-0.1, -0.05) is 0 Å². The zero-order chi connectivity index (χ0) is 15.6. The summed E-state index contributed by atoms with van der Waals surface area (Å²) in [5.41, 5.74) is 6.86. The third-order valence-corrected chi connectivity index (χ3v) is 4.59. The number of nitrogens with one attached hydrogen (secondary N) is 2. The Kier molecular flexibility index (Phi) is 4.19. The number of sulfonamides is 1. The van der Waals surface area contributed by atoms with Crippen LogP contribution in [0.25, 0.3) is 10.9 Å². The van der Waals surface area contributed by atoms with E-state index in [1.54, 1.807) is 32.3 Å². The first-order valence-corrected chi connectivity index (χ1v) is 7.86. The van der Waals surface area contributed by atoms with Gasteiger partial charge in [0.1, 0.15) is 4.90 Å². The Morgan fingerprint density at radius 3 is 2.76 bits per heavy atom. The Morgan fingerprint density at radius 1 is 1.38 bits per heavy atom. The molecule has 0 saturated heterocycles. The summed E-state index contributed by atoms with van der Waals surface area (Å²) in [5.74, 6) is -0.135. The van der Waals surface area contributed by atoms with E-state index in [1.165, 1.54) is 11.1 Å². The number of nitrogens with two attached hydrogens (primary N) is 1. The van der Waals surface area contributed by atoms with Crippen molar-refractivity contribution >= 4 is 32.5 Å². The van der Waals surface area contributed by atoms with E-state index in [0.717, 1.165) is 0 Å².